The first-order valence-corrected chi connectivity index (χ1v) is 9.12. The molecule has 0 spiro atoms. The van der Waals surface area contributed by atoms with Crippen LogP contribution in [0, 0.1) is 32.4 Å². The Morgan fingerprint density at radius 3 is 2.41 bits per heavy atom. The summed E-state index contributed by atoms with van der Waals surface area (Å²) < 4.78 is 29.1. The minimum absolute atomic E-state index is 0.232. The number of rotatable bonds is 6. The van der Waals surface area contributed by atoms with Crippen molar-refractivity contribution in [1.29, 1.82) is 0 Å². The van der Waals surface area contributed by atoms with Gasteiger partial charge >= 0.3 is 0 Å². The van der Waals surface area contributed by atoms with Crippen LogP contribution in [-0.2, 0) is 13.1 Å². The van der Waals surface area contributed by atoms with Gasteiger partial charge in [0.15, 0.2) is 0 Å². The van der Waals surface area contributed by atoms with Crippen LogP contribution in [0.5, 0.6) is 0 Å². The first-order valence-electron chi connectivity index (χ1n) is 9.12. The van der Waals surface area contributed by atoms with Gasteiger partial charge in [0.2, 0.25) is 0 Å². The molecule has 1 heterocycles. The SMILES string of the molecule is Cc1ccc(Cn2nc(C)c(CNC(C)c3ccc(F)cc3F)c2C)cc1. The summed E-state index contributed by atoms with van der Waals surface area (Å²) in [6.45, 7) is 9.27. The van der Waals surface area contributed by atoms with Gasteiger partial charge in [0, 0.05) is 35.5 Å². The molecule has 5 heteroatoms. The average Bonchev–Trinajstić information content (AvgIpc) is 2.88. The van der Waals surface area contributed by atoms with E-state index in [9.17, 15) is 8.78 Å². The summed E-state index contributed by atoms with van der Waals surface area (Å²) >= 11 is 0. The number of nitrogens with zero attached hydrogens (tertiary/aromatic N) is 2. The Bertz CT molecular complexity index is 929. The number of aromatic nitrogens is 2. The molecular formula is C22H25F2N3. The van der Waals surface area contributed by atoms with E-state index in [0.29, 0.717) is 12.1 Å². The second kappa shape index (κ2) is 8.01. The van der Waals surface area contributed by atoms with Crippen molar-refractivity contribution in [1.82, 2.24) is 15.1 Å². The molecule has 1 unspecified atom stereocenters. The molecule has 142 valence electrons. The number of hydrogen-bond donors (Lipinski definition) is 1. The molecule has 27 heavy (non-hydrogen) atoms. The van der Waals surface area contributed by atoms with Crippen LogP contribution >= 0.6 is 0 Å². The minimum Gasteiger partial charge on any atom is -0.306 e. The van der Waals surface area contributed by atoms with Crippen LogP contribution in [0.2, 0.25) is 0 Å². The van der Waals surface area contributed by atoms with Crippen molar-refractivity contribution in [2.24, 2.45) is 0 Å². The van der Waals surface area contributed by atoms with Crippen molar-refractivity contribution in [3.63, 3.8) is 0 Å². The molecule has 3 aromatic rings. The fourth-order valence-corrected chi connectivity index (χ4v) is 3.23. The maximum absolute atomic E-state index is 14.0. The van der Waals surface area contributed by atoms with Gasteiger partial charge in [0.1, 0.15) is 11.6 Å². The summed E-state index contributed by atoms with van der Waals surface area (Å²) in [5.74, 6) is -1.09. The van der Waals surface area contributed by atoms with Gasteiger partial charge in [-0.15, -0.1) is 0 Å². The molecule has 0 amide bonds. The first kappa shape index (κ1) is 19.2. The van der Waals surface area contributed by atoms with Crippen molar-refractivity contribution in [2.45, 2.75) is 46.8 Å². The van der Waals surface area contributed by atoms with Gasteiger partial charge < -0.3 is 5.32 Å². The second-order valence-electron chi connectivity index (χ2n) is 7.06. The predicted octanol–water partition coefficient (Wildman–Crippen LogP) is 4.99. The third-order valence-corrected chi connectivity index (χ3v) is 5.00. The van der Waals surface area contributed by atoms with E-state index < -0.39 is 11.6 Å². The Hall–Kier alpha value is -2.53. The maximum Gasteiger partial charge on any atom is 0.130 e. The zero-order chi connectivity index (χ0) is 19.6. The smallest absolute Gasteiger partial charge is 0.130 e. The topological polar surface area (TPSA) is 29.9 Å². The number of aryl methyl sites for hydroxylation is 2. The molecule has 0 saturated carbocycles. The van der Waals surface area contributed by atoms with E-state index in [4.69, 9.17) is 0 Å². The third kappa shape index (κ3) is 4.42. The fourth-order valence-electron chi connectivity index (χ4n) is 3.23. The highest BCUT2D eigenvalue weighted by atomic mass is 19.1. The van der Waals surface area contributed by atoms with Crippen LogP contribution < -0.4 is 5.32 Å². The van der Waals surface area contributed by atoms with Crippen LogP contribution in [0.4, 0.5) is 8.78 Å². The normalized spacial score (nSPS) is 12.4. The summed E-state index contributed by atoms with van der Waals surface area (Å²) in [6.07, 6.45) is 0. The summed E-state index contributed by atoms with van der Waals surface area (Å²) in [4.78, 5) is 0. The Morgan fingerprint density at radius 2 is 1.74 bits per heavy atom. The fraction of sp³-hybridized carbons (Fsp3) is 0.318. The summed E-state index contributed by atoms with van der Waals surface area (Å²) in [5.41, 5.74) is 6.05. The van der Waals surface area contributed by atoms with Crippen molar-refractivity contribution in [2.75, 3.05) is 0 Å². The molecule has 0 radical (unpaired) electrons. The van der Waals surface area contributed by atoms with Gasteiger partial charge in [-0.25, -0.2) is 8.78 Å². The molecular weight excluding hydrogens is 344 g/mol. The summed E-state index contributed by atoms with van der Waals surface area (Å²) in [5, 5.41) is 7.99. The summed E-state index contributed by atoms with van der Waals surface area (Å²) in [7, 11) is 0. The molecule has 0 bridgehead atoms. The van der Waals surface area contributed by atoms with Gasteiger partial charge in [-0.3, -0.25) is 4.68 Å². The zero-order valence-electron chi connectivity index (χ0n) is 16.2. The highest BCUT2D eigenvalue weighted by molar-refractivity contribution is 5.28. The van der Waals surface area contributed by atoms with E-state index in [2.05, 4.69) is 41.6 Å². The molecule has 0 saturated heterocycles. The molecule has 1 aromatic heterocycles. The van der Waals surface area contributed by atoms with Crippen molar-refractivity contribution in [3.05, 3.63) is 87.7 Å². The van der Waals surface area contributed by atoms with Crippen molar-refractivity contribution in [3.8, 4) is 0 Å². The van der Waals surface area contributed by atoms with E-state index >= 15 is 0 Å². The molecule has 0 fully saturated rings. The molecule has 3 rings (SSSR count). The van der Waals surface area contributed by atoms with E-state index in [-0.39, 0.29) is 6.04 Å². The number of hydrogen-bond acceptors (Lipinski definition) is 2. The Balaban J connectivity index is 1.71. The van der Waals surface area contributed by atoms with Crippen LogP contribution in [0.25, 0.3) is 0 Å². The number of nitrogens with one attached hydrogen (secondary N) is 1. The van der Waals surface area contributed by atoms with Crippen LogP contribution in [-0.4, -0.2) is 9.78 Å². The lowest BCUT2D eigenvalue weighted by Gasteiger charge is -2.15. The lowest BCUT2D eigenvalue weighted by atomic mass is 10.1. The highest BCUT2D eigenvalue weighted by Crippen LogP contribution is 2.20. The molecule has 0 aliphatic carbocycles. The summed E-state index contributed by atoms with van der Waals surface area (Å²) in [6, 6.07) is 11.9. The third-order valence-electron chi connectivity index (χ3n) is 5.00. The Labute approximate surface area is 159 Å². The van der Waals surface area contributed by atoms with E-state index in [1.165, 1.54) is 23.3 Å². The van der Waals surface area contributed by atoms with Crippen LogP contribution in [0.3, 0.4) is 0 Å². The standard InChI is InChI=1S/C22H25F2N3/c1-14-5-7-18(8-6-14)13-27-17(4)21(16(3)26-27)12-25-15(2)20-10-9-19(23)11-22(20)24/h5-11,15,25H,12-13H2,1-4H3. The van der Waals surface area contributed by atoms with Crippen LogP contribution in [0.1, 0.15) is 46.6 Å². The van der Waals surface area contributed by atoms with Gasteiger partial charge in [0.25, 0.3) is 0 Å². The van der Waals surface area contributed by atoms with Gasteiger partial charge in [-0.05, 0) is 39.3 Å². The molecule has 0 aliphatic heterocycles. The lowest BCUT2D eigenvalue weighted by Crippen LogP contribution is -2.20. The van der Waals surface area contributed by atoms with Gasteiger partial charge in [-0.1, -0.05) is 35.9 Å². The van der Waals surface area contributed by atoms with Gasteiger partial charge in [-0.2, -0.15) is 5.10 Å². The minimum atomic E-state index is -0.562. The molecule has 3 nitrogen and oxygen atoms in total. The first-order chi connectivity index (χ1) is 12.8. The van der Waals surface area contributed by atoms with E-state index in [1.807, 2.05) is 25.5 Å². The average molecular weight is 369 g/mol. The van der Waals surface area contributed by atoms with Gasteiger partial charge in [0.05, 0.1) is 12.2 Å². The highest BCUT2D eigenvalue weighted by Gasteiger charge is 2.15. The molecule has 2 aromatic carbocycles. The van der Waals surface area contributed by atoms with Crippen molar-refractivity contribution < 1.29 is 8.78 Å². The Morgan fingerprint density at radius 1 is 1.04 bits per heavy atom. The second-order valence-corrected chi connectivity index (χ2v) is 7.06. The maximum atomic E-state index is 14.0. The zero-order valence-corrected chi connectivity index (χ0v) is 16.2. The monoisotopic (exact) mass is 369 g/mol. The Kier molecular flexibility index (Phi) is 5.71. The number of benzene rings is 2. The van der Waals surface area contributed by atoms with E-state index in [0.717, 1.165) is 29.6 Å². The molecule has 0 aliphatic rings. The van der Waals surface area contributed by atoms with E-state index in [1.54, 1.807) is 0 Å². The molecule has 1 atom stereocenters. The number of halogens is 2. The lowest BCUT2D eigenvalue weighted by molar-refractivity contribution is 0.516. The quantitative estimate of drug-likeness (QED) is 0.664. The predicted molar refractivity (Wildman–Crippen MR) is 104 cm³/mol. The van der Waals surface area contributed by atoms with Crippen LogP contribution in [0.15, 0.2) is 42.5 Å². The largest absolute Gasteiger partial charge is 0.306 e. The molecule has 1 N–H and O–H groups in total. The van der Waals surface area contributed by atoms with Crippen molar-refractivity contribution >= 4 is 0 Å².